The van der Waals surface area contributed by atoms with Crippen molar-refractivity contribution in [1.82, 2.24) is 4.90 Å². The highest BCUT2D eigenvalue weighted by Gasteiger charge is 2.32. The molecule has 2 aromatic rings. The molecule has 2 atom stereocenters. The number of anilines is 1. The molecule has 146 valence electrons. The molecular weight excluding hydrogens is 356 g/mol. The molecule has 2 aromatic carbocycles. The number of hydrogen-bond donors (Lipinski definition) is 2. The van der Waals surface area contributed by atoms with Crippen LogP contribution >= 0.6 is 0 Å². The second-order valence-corrected chi connectivity index (χ2v) is 7.05. The third-order valence-corrected chi connectivity index (χ3v) is 5.12. The maximum absolute atomic E-state index is 12.9. The van der Waals surface area contributed by atoms with E-state index in [1.165, 1.54) is 4.90 Å². The molecule has 0 aromatic heterocycles. The lowest BCUT2D eigenvalue weighted by atomic mass is 10.00. The van der Waals surface area contributed by atoms with E-state index in [9.17, 15) is 19.5 Å². The maximum atomic E-state index is 12.9. The van der Waals surface area contributed by atoms with E-state index in [4.69, 9.17) is 0 Å². The van der Waals surface area contributed by atoms with Crippen LogP contribution in [0.25, 0.3) is 0 Å². The highest BCUT2D eigenvalue weighted by molar-refractivity contribution is 6.00. The molecule has 1 aliphatic heterocycles. The van der Waals surface area contributed by atoms with Gasteiger partial charge in [0.1, 0.15) is 6.04 Å². The number of nitrogens with one attached hydrogen (secondary N) is 1. The third kappa shape index (κ3) is 4.39. The summed E-state index contributed by atoms with van der Waals surface area (Å²) < 4.78 is 0. The zero-order valence-corrected chi connectivity index (χ0v) is 15.8. The number of rotatable bonds is 5. The van der Waals surface area contributed by atoms with Gasteiger partial charge in [-0.2, -0.15) is 0 Å². The number of likely N-dealkylation sites (tertiary alicyclic amines) is 1. The van der Waals surface area contributed by atoms with Crippen molar-refractivity contribution in [2.75, 3.05) is 11.9 Å². The van der Waals surface area contributed by atoms with Gasteiger partial charge in [0.05, 0.1) is 5.92 Å². The van der Waals surface area contributed by atoms with E-state index in [1.807, 2.05) is 37.3 Å². The van der Waals surface area contributed by atoms with Crippen LogP contribution in [0.1, 0.15) is 48.0 Å². The van der Waals surface area contributed by atoms with Crippen molar-refractivity contribution in [1.29, 1.82) is 0 Å². The molecule has 1 saturated heterocycles. The van der Waals surface area contributed by atoms with Crippen molar-refractivity contribution in [3.8, 4) is 0 Å². The van der Waals surface area contributed by atoms with Crippen molar-refractivity contribution in [3.63, 3.8) is 0 Å². The van der Waals surface area contributed by atoms with E-state index >= 15 is 0 Å². The summed E-state index contributed by atoms with van der Waals surface area (Å²) in [5.41, 5.74) is 1.80. The van der Waals surface area contributed by atoms with Gasteiger partial charge in [0, 0.05) is 17.8 Å². The first-order valence-corrected chi connectivity index (χ1v) is 9.47. The number of carboxylic acid groups (broad SMARTS) is 1. The van der Waals surface area contributed by atoms with Crippen LogP contribution in [0.2, 0.25) is 0 Å². The molecule has 0 aliphatic carbocycles. The Kier molecular flexibility index (Phi) is 6.09. The van der Waals surface area contributed by atoms with Crippen molar-refractivity contribution in [2.24, 2.45) is 0 Å². The second-order valence-electron chi connectivity index (χ2n) is 7.05. The number of hydrogen-bond acceptors (Lipinski definition) is 3. The van der Waals surface area contributed by atoms with Crippen LogP contribution in [0.4, 0.5) is 5.69 Å². The molecule has 0 radical (unpaired) electrons. The summed E-state index contributed by atoms with van der Waals surface area (Å²) in [5, 5.41) is 12.2. The summed E-state index contributed by atoms with van der Waals surface area (Å²) in [6.45, 7) is 2.25. The second kappa shape index (κ2) is 8.69. The smallest absolute Gasteiger partial charge is 0.326 e. The normalized spacial score (nSPS) is 17.6. The fraction of sp³-hybridized carbons (Fsp3) is 0.318. The number of carbonyl (C=O) groups is 3. The Hall–Kier alpha value is -3.15. The molecular formula is C22H24N2O4. The Morgan fingerprint density at radius 2 is 1.82 bits per heavy atom. The van der Waals surface area contributed by atoms with Gasteiger partial charge in [-0.3, -0.25) is 9.59 Å². The number of aliphatic carboxylic acids is 1. The van der Waals surface area contributed by atoms with Gasteiger partial charge in [0.15, 0.2) is 0 Å². The van der Waals surface area contributed by atoms with E-state index < -0.39 is 12.0 Å². The molecule has 28 heavy (non-hydrogen) atoms. The number of piperidine rings is 1. The van der Waals surface area contributed by atoms with Crippen molar-refractivity contribution < 1.29 is 19.5 Å². The Balaban J connectivity index is 1.74. The van der Waals surface area contributed by atoms with E-state index in [-0.39, 0.29) is 17.7 Å². The van der Waals surface area contributed by atoms with Gasteiger partial charge < -0.3 is 15.3 Å². The number of carboxylic acids is 1. The quantitative estimate of drug-likeness (QED) is 0.831. The molecule has 3 rings (SSSR count). The van der Waals surface area contributed by atoms with Crippen molar-refractivity contribution in [2.45, 2.75) is 38.1 Å². The molecule has 1 heterocycles. The number of amides is 2. The van der Waals surface area contributed by atoms with E-state index in [2.05, 4.69) is 5.32 Å². The van der Waals surface area contributed by atoms with Crippen molar-refractivity contribution in [3.05, 3.63) is 65.7 Å². The van der Waals surface area contributed by atoms with Gasteiger partial charge in [-0.25, -0.2) is 4.79 Å². The SMILES string of the molecule is C[C@H](C(=O)Nc1cccc(C(=O)N2CCCCC2C(=O)O)c1)c1ccccc1. The molecule has 6 nitrogen and oxygen atoms in total. The number of nitrogens with zero attached hydrogens (tertiary/aromatic N) is 1. The zero-order valence-electron chi connectivity index (χ0n) is 15.8. The molecule has 1 fully saturated rings. The van der Waals surface area contributed by atoms with Crippen LogP contribution in [-0.2, 0) is 9.59 Å². The third-order valence-electron chi connectivity index (χ3n) is 5.12. The van der Waals surface area contributed by atoms with Gasteiger partial charge in [-0.1, -0.05) is 36.4 Å². The minimum atomic E-state index is -0.978. The van der Waals surface area contributed by atoms with Crippen LogP contribution in [0.5, 0.6) is 0 Å². The average Bonchev–Trinajstić information content (AvgIpc) is 2.73. The van der Waals surface area contributed by atoms with E-state index in [0.29, 0.717) is 24.2 Å². The van der Waals surface area contributed by atoms with Crippen LogP contribution < -0.4 is 5.32 Å². The number of carbonyl (C=O) groups excluding carboxylic acids is 2. The van der Waals surface area contributed by atoms with E-state index in [0.717, 1.165) is 18.4 Å². The maximum Gasteiger partial charge on any atom is 0.326 e. The van der Waals surface area contributed by atoms with Gasteiger partial charge in [0.2, 0.25) is 5.91 Å². The molecule has 0 bridgehead atoms. The Morgan fingerprint density at radius 3 is 2.54 bits per heavy atom. The summed E-state index contributed by atoms with van der Waals surface area (Å²) in [6.07, 6.45) is 2.06. The summed E-state index contributed by atoms with van der Waals surface area (Å²) in [4.78, 5) is 38.3. The monoisotopic (exact) mass is 380 g/mol. The highest BCUT2D eigenvalue weighted by Crippen LogP contribution is 2.22. The standard InChI is InChI=1S/C22H24N2O4/c1-15(16-8-3-2-4-9-16)20(25)23-18-11-7-10-17(14-18)21(26)24-13-6-5-12-19(24)22(27)28/h2-4,7-11,14-15,19H,5-6,12-13H2,1H3,(H,23,25)(H,27,28)/t15-,19?/m0/s1. The van der Waals surface area contributed by atoms with Gasteiger partial charge in [0.25, 0.3) is 5.91 Å². The lowest BCUT2D eigenvalue weighted by molar-refractivity contribution is -0.143. The topological polar surface area (TPSA) is 86.7 Å². The Bertz CT molecular complexity index is 866. The first-order valence-electron chi connectivity index (χ1n) is 9.47. The molecule has 6 heteroatoms. The first-order chi connectivity index (χ1) is 13.5. The number of benzene rings is 2. The summed E-state index contributed by atoms with van der Waals surface area (Å²) in [7, 11) is 0. The Labute approximate surface area is 164 Å². The molecule has 2 amide bonds. The summed E-state index contributed by atoms with van der Waals surface area (Å²) in [6, 6.07) is 15.3. The largest absolute Gasteiger partial charge is 0.480 e. The Morgan fingerprint density at radius 1 is 1.07 bits per heavy atom. The minimum Gasteiger partial charge on any atom is -0.480 e. The molecule has 2 N–H and O–H groups in total. The average molecular weight is 380 g/mol. The highest BCUT2D eigenvalue weighted by atomic mass is 16.4. The first kappa shape index (κ1) is 19.6. The molecule has 1 aliphatic rings. The minimum absolute atomic E-state index is 0.169. The van der Waals surface area contributed by atoms with E-state index in [1.54, 1.807) is 24.3 Å². The van der Waals surface area contributed by atoms with Crippen LogP contribution in [0.3, 0.4) is 0 Å². The predicted octanol–water partition coefficient (Wildman–Crippen LogP) is 3.51. The lowest BCUT2D eigenvalue weighted by Crippen LogP contribution is -2.48. The fourth-order valence-electron chi connectivity index (χ4n) is 3.47. The molecule has 1 unspecified atom stereocenters. The van der Waals surface area contributed by atoms with Gasteiger partial charge in [-0.15, -0.1) is 0 Å². The summed E-state index contributed by atoms with van der Waals surface area (Å²) in [5.74, 6) is -1.80. The van der Waals surface area contributed by atoms with Crippen LogP contribution in [-0.4, -0.2) is 40.4 Å². The van der Waals surface area contributed by atoms with Crippen LogP contribution in [0, 0.1) is 0 Å². The van der Waals surface area contributed by atoms with Crippen molar-refractivity contribution >= 4 is 23.5 Å². The van der Waals surface area contributed by atoms with Gasteiger partial charge >= 0.3 is 5.97 Å². The molecule has 0 saturated carbocycles. The predicted molar refractivity (Wildman–Crippen MR) is 106 cm³/mol. The lowest BCUT2D eigenvalue weighted by Gasteiger charge is -2.33. The molecule has 0 spiro atoms. The summed E-state index contributed by atoms with van der Waals surface area (Å²) >= 11 is 0. The van der Waals surface area contributed by atoms with Gasteiger partial charge in [-0.05, 0) is 49.9 Å². The van der Waals surface area contributed by atoms with Crippen LogP contribution in [0.15, 0.2) is 54.6 Å². The zero-order chi connectivity index (χ0) is 20.1. The fourth-order valence-corrected chi connectivity index (χ4v) is 3.47.